The molecule has 0 amide bonds. The second-order valence-electron chi connectivity index (χ2n) is 11.0. The predicted molar refractivity (Wildman–Crippen MR) is 165 cm³/mol. The first kappa shape index (κ1) is 33.4. The number of rotatable bonds is 16. The summed E-state index contributed by atoms with van der Waals surface area (Å²) in [5, 5.41) is 21.6. The average molecular weight is 596 g/mol. The fraction of sp³-hybridized carbons (Fsp3) is 0.500. The van der Waals surface area contributed by atoms with Crippen molar-refractivity contribution < 1.29 is 33.3 Å². The number of oxime groups is 2. The van der Waals surface area contributed by atoms with Gasteiger partial charge in [0.25, 0.3) is 0 Å². The van der Waals surface area contributed by atoms with Crippen LogP contribution < -0.4 is 0 Å². The summed E-state index contributed by atoms with van der Waals surface area (Å²) in [5.74, 6) is -0.543. The van der Waals surface area contributed by atoms with Crippen molar-refractivity contribution in [1.29, 1.82) is 0 Å². The number of unbranched alkanes of at least 4 members (excludes halogenated alkanes) is 1. The number of ether oxygens (including phenoxy) is 1. The number of furan rings is 1. The molecule has 43 heavy (non-hydrogen) atoms. The zero-order valence-corrected chi connectivity index (χ0v) is 25.9. The smallest absolute Gasteiger partial charge is 0.331 e. The van der Waals surface area contributed by atoms with Crippen molar-refractivity contribution >= 4 is 51.0 Å². The van der Waals surface area contributed by atoms with Gasteiger partial charge >= 0.3 is 17.6 Å². The second-order valence-corrected chi connectivity index (χ2v) is 11.0. The Labute approximate surface area is 251 Å². The van der Waals surface area contributed by atoms with E-state index in [9.17, 15) is 19.7 Å². The van der Waals surface area contributed by atoms with Crippen molar-refractivity contribution in [2.24, 2.45) is 16.2 Å². The maximum atomic E-state index is 12.3. The summed E-state index contributed by atoms with van der Waals surface area (Å²) in [6.07, 6.45) is 5.96. The van der Waals surface area contributed by atoms with Gasteiger partial charge in [-0.15, -0.1) is 0 Å². The molecule has 0 spiro atoms. The third-order valence-corrected chi connectivity index (χ3v) is 6.89. The fourth-order valence-corrected chi connectivity index (χ4v) is 4.90. The molecule has 0 N–H and O–H groups in total. The minimum absolute atomic E-state index is 0.141. The molecule has 0 atom stereocenters. The molecule has 0 aliphatic carbocycles. The number of nitrogens with zero attached hydrogens (tertiary/aromatic N) is 3. The highest BCUT2D eigenvalue weighted by Gasteiger charge is 2.24. The molecule has 232 valence electrons. The van der Waals surface area contributed by atoms with E-state index in [4.69, 9.17) is 18.8 Å². The van der Waals surface area contributed by atoms with E-state index in [2.05, 4.69) is 24.2 Å². The number of fused-ring (bicyclic) bond motifs is 3. The standard InChI is InChI=1S/C32H41N3O8/c1-7-11-28(33-42-21(4)36)24-16-23(13-9-8-12-20(2)3)31-26(17-24)27-18-25(19-30(35(38)39)32(27)41-31)29(14-10-15-40-6)34-43-22(5)37/h16-20H,7-15H2,1-6H3/b33-28+,34-29+. The number of hydrogen-bond acceptors (Lipinski definition) is 10. The molecule has 0 fully saturated rings. The fourth-order valence-electron chi connectivity index (χ4n) is 4.90. The third kappa shape index (κ3) is 9.18. The summed E-state index contributed by atoms with van der Waals surface area (Å²) >= 11 is 0. The van der Waals surface area contributed by atoms with Crippen LogP contribution >= 0.6 is 0 Å². The number of carbonyl (C=O) groups is 2. The van der Waals surface area contributed by atoms with Crippen LogP contribution in [-0.2, 0) is 30.4 Å². The molecule has 2 aromatic carbocycles. The maximum absolute atomic E-state index is 12.3. The number of benzene rings is 2. The molecule has 1 heterocycles. The normalized spacial score (nSPS) is 12.3. The zero-order valence-electron chi connectivity index (χ0n) is 25.9. The summed E-state index contributed by atoms with van der Waals surface area (Å²) in [7, 11) is 1.58. The van der Waals surface area contributed by atoms with Crippen LogP contribution in [0.15, 0.2) is 39.0 Å². The molecule has 0 saturated carbocycles. The Balaban J connectivity index is 2.30. The third-order valence-electron chi connectivity index (χ3n) is 6.89. The van der Waals surface area contributed by atoms with E-state index in [1.54, 1.807) is 13.2 Å². The van der Waals surface area contributed by atoms with Crippen LogP contribution in [0.5, 0.6) is 0 Å². The summed E-state index contributed by atoms with van der Waals surface area (Å²) in [4.78, 5) is 44.9. The minimum Gasteiger partial charge on any atom is -0.449 e. The Morgan fingerprint density at radius 2 is 1.51 bits per heavy atom. The maximum Gasteiger partial charge on any atom is 0.331 e. The van der Waals surface area contributed by atoms with E-state index in [-0.39, 0.29) is 11.3 Å². The van der Waals surface area contributed by atoms with Crippen molar-refractivity contribution in [3.8, 4) is 0 Å². The molecule has 1 aromatic heterocycles. The largest absolute Gasteiger partial charge is 0.449 e. The number of nitro benzene ring substituents is 1. The van der Waals surface area contributed by atoms with E-state index in [1.807, 2.05) is 19.1 Å². The van der Waals surface area contributed by atoms with Gasteiger partial charge in [0.1, 0.15) is 5.58 Å². The molecular formula is C32H41N3O8. The van der Waals surface area contributed by atoms with Crippen molar-refractivity contribution in [2.75, 3.05) is 13.7 Å². The van der Waals surface area contributed by atoms with Gasteiger partial charge in [0.05, 0.1) is 16.3 Å². The van der Waals surface area contributed by atoms with E-state index in [1.165, 1.54) is 19.9 Å². The first-order chi connectivity index (χ1) is 20.5. The first-order valence-electron chi connectivity index (χ1n) is 14.7. The minimum atomic E-state index is -0.601. The lowest BCUT2D eigenvalue weighted by molar-refractivity contribution is -0.383. The number of methoxy groups -OCH3 is 1. The van der Waals surface area contributed by atoms with Crippen molar-refractivity contribution in [3.05, 3.63) is 51.1 Å². The molecule has 0 aliphatic rings. The molecule has 0 radical (unpaired) electrons. The molecule has 0 saturated heterocycles. The Morgan fingerprint density at radius 1 is 0.907 bits per heavy atom. The molecule has 0 unspecified atom stereocenters. The van der Waals surface area contributed by atoms with Gasteiger partial charge in [-0.25, -0.2) is 9.59 Å². The summed E-state index contributed by atoms with van der Waals surface area (Å²) in [6, 6.07) is 7.02. The Bertz CT molecular complexity index is 1520. The van der Waals surface area contributed by atoms with E-state index < -0.39 is 16.9 Å². The highest BCUT2D eigenvalue weighted by Crippen LogP contribution is 2.39. The van der Waals surface area contributed by atoms with Crippen LogP contribution in [0.25, 0.3) is 21.9 Å². The Hall–Kier alpha value is -4.12. The van der Waals surface area contributed by atoms with E-state index >= 15 is 0 Å². The molecule has 3 aromatic rings. The Kier molecular flexibility index (Phi) is 12.4. The highest BCUT2D eigenvalue weighted by molar-refractivity contribution is 6.15. The monoisotopic (exact) mass is 595 g/mol. The van der Waals surface area contributed by atoms with Gasteiger partial charge in [0.15, 0.2) is 0 Å². The summed E-state index contributed by atoms with van der Waals surface area (Å²) < 4.78 is 11.4. The van der Waals surface area contributed by atoms with Crippen molar-refractivity contribution in [3.63, 3.8) is 0 Å². The van der Waals surface area contributed by atoms with Crippen LogP contribution in [0.2, 0.25) is 0 Å². The number of non-ortho nitro benzene ring substituents is 1. The summed E-state index contributed by atoms with van der Waals surface area (Å²) in [6.45, 7) is 9.34. The van der Waals surface area contributed by atoms with Gasteiger partial charge in [-0.3, -0.25) is 10.1 Å². The molecule has 11 heteroatoms. The van der Waals surface area contributed by atoms with Crippen molar-refractivity contribution in [1.82, 2.24) is 0 Å². The molecular weight excluding hydrogens is 554 g/mol. The lowest BCUT2D eigenvalue weighted by Crippen LogP contribution is -2.07. The lowest BCUT2D eigenvalue weighted by Gasteiger charge is -2.10. The van der Waals surface area contributed by atoms with Gasteiger partial charge in [-0.1, -0.05) is 50.3 Å². The van der Waals surface area contributed by atoms with Crippen LogP contribution in [0.4, 0.5) is 5.69 Å². The van der Waals surface area contributed by atoms with Crippen LogP contribution in [0.1, 0.15) is 96.3 Å². The quantitative estimate of drug-likeness (QED) is 0.0541. The lowest BCUT2D eigenvalue weighted by atomic mass is 9.95. The number of aryl methyl sites for hydroxylation is 1. The zero-order chi connectivity index (χ0) is 31.5. The van der Waals surface area contributed by atoms with Crippen molar-refractivity contribution in [2.45, 2.75) is 86.0 Å². The molecule has 0 bridgehead atoms. The van der Waals surface area contributed by atoms with Gasteiger partial charge < -0.3 is 18.8 Å². The van der Waals surface area contributed by atoms with Gasteiger partial charge in [-0.2, -0.15) is 0 Å². The van der Waals surface area contributed by atoms with Gasteiger partial charge in [0.2, 0.25) is 5.58 Å². The topological polar surface area (TPSA) is 143 Å². The SMILES string of the molecule is CCC/C(=N\OC(C)=O)c1cc(CCCCC(C)C)c2oc3c([N+](=O)[O-])cc(/C(CCCOC)=N/OC(C)=O)cc3c2c1. The average Bonchev–Trinajstić information content (AvgIpc) is 3.32. The van der Waals surface area contributed by atoms with Crippen LogP contribution in [0.3, 0.4) is 0 Å². The first-order valence-corrected chi connectivity index (χ1v) is 14.7. The molecule has 11 nitrogen and oxygen atoms in total. The van der Waals surface area contributed by atoms with E-state index in [0.717, 1.165) is 36.8 Å². The number of hydrogen-bond donors (Lipinski definition) is 0. The molecule has 0 aliphatic heterocycles. The predicted octanol–water partition coefficient (Wildman–Crippen LogP) is 7.62. The van der Waals surface area contributed by atoms with E-state index in [0.29, 0.717) is 71.6 Å². The number of carbonyl (C=O) groups excluding carboxylic acids is 2. The summed E-state index contributed by atoms with van der Waals surface area (Å²) in [5.41, 5.74) is 3.53. The van der Waals surface area contributed by atoms with Crippen LogP contribution in [-0.4, -0.2) is 42.0 Å². The van der Waals surface area contributed by atoms with Crippen LogP contribution in [0, 0.1) is 16.0 Å². The van der Waals surface area contributed by atoms with Gasteiger partial charge in [-0.05, 0) is 61.8 Å². The van der Waals surface area contributed by atoms with Gasteiger partial charge in [0, 0.05) is 55.5 Å². The Morgan fingerprint density at radius 3 is 2.07 bits per heavy atom. The number of nitro groups is 1. The second kappa shape index (κ2) is 15.9. The highest BCUT2D eigenvalue weighted by atomic mass is 16.7. The molecule has 3 rings (SSSR count).